The Bertz CT molecular complexity index is 3550. The van der Waals surface area contributed by atoms with Gasteiger partial charge in [-0.3, -0.25) is 0 Å². The van der Waals surface area contributed by atoms with Crippen LogP contribution >= 0.6 is 11.3 Å². The van der Waals surface area contributed by atoms with Crippen LogP contribution in [0.25, 0.3) is 120 Å². The van der Waals surface area contributed by atoms with Gasteiger partial charge in [-0.25, -0.2) is 9.97 Å². The lowest BCUT2D eigenvalue weighted by Gasteiger charge is -2.09. The summed E-state index contributed by atoms with van der Waals surface area (Å²) in [6.45, 7) is 0. The highest BCUT2D eigenvalue weighted by Crippen LogP contribution is 2.42. The van der Waals surface area contributed by atoms with E-state index in [9.17, 15) is 0 Å². The molecule has 0 N–H and O–H groups in total. The molecule has 0 bridgehead atoms. The van der Waals surface area contributed by atoms with Gasteiger partial charge in [0.15, 0.2) is 5.58 Å². The summed E-state index contributed by atoms with van der Waals surface area (Å²) < 4.78 is 15.6. The van der Waals surface area contributed by atoms with Crippen LogP contribution in [0.5, 0.6) is 0 Å². The second-order valence-electron chi connectivity index (χ2n) is 14.5. The van der Waals surface area contributed by atoms with Gasteiger partial charge in [0.05, 0.1) is 0 Å². The maximum atomic E-state index is 6.55. The number of rotatable bonds is 5. The zero-order chi connectivity index (χ0) is 37.5. The Balaban J connectivity index is 0.911. The highest BCUT2D eigenvalue weighted by atomic mass is 32.1. The Labute approximate surface area is 330 Å². The van der Waals surface area contributed by atoms with Crippen molar-refractivity contribution in [3.63, 3.8) is 0 Å². The minimum atomic E-state index is 0.678. The molecule has 0 unspecified atom stereocenters. The molecule has 0 saturated heterocycles. The van der Waals surface area contributed by atoms with E-state index in [1.54, 1.807) is 6.33 Å². The first-order valence-corrected chi connectivity index (χ1v) is 19.8. The number of hydrogen-bond donors (Lipinski definition) is 0. The van der Waals surface area contributed by atoms with E-state index in [-0.39, 0.29) is 0 Å². The van der Waals surface area contributed by atoms with E-state index in [0.717, 1.165) is 83.1 Å². The Hall–Kier alpha value is -7.34. The van der Waals surface area contributed by atoms with E-state index in [1.807, 2.05) is 29.5 Å². The second kappa shape index (κ2) is 12.6. The summed E-state index contributed by atoms with van der Waals surface area (Å²) in [4.78, 5) is 9.54. The molecule has 0 fully saturated rings. The highest BCUT2D eigenvalue weighted by molar-refractivity contribution is 7.26. The molecule has 0 atom stereocenters. The smallest absolute Gasteiger partial charge is 0.180 e. The first-order chi connectivity index (χ1) is 28.2. The van der Waals surface area contributed by atoms with Crippen molar-refractivity contribution in [3.05, 3.63) is 182 Å². The van der Waals surface area contributed by atoms with Gasteiger partial charge in [0.2, 0.25) is 0 Å². The van der Waals surface area contributed by atoms with Crippen molar-refractivity contribution in [1.82, 2.24) is 9.97 Å². The molecule has 12 aromatic rings. The van der Waals surface area contributed by atoms with Crippen LogP contribution in [-0.4, -0.2) is 9.97 Å². The van der Waals surface area contributed by atoms with Gasteiger partial charge in [-0.05, 0) is 81.4 Å². The number of fused-ring (bicyclic) bond motifs is 9. The summed E-state index contributed by atoms with van der Waals surface area (Å²) in [5.74, 6) is 0. The van der Waals surface area contributed by atoms with Crippen LogP contribution in [0.3, 0.4) is 0 Å². The van der Waals surface area contributed by atoms with Crippen LogP contribution < -0.4 is 0 Å². The molecule has 0 saturated carbocycles. The average Bonchev–Trinajstić information content (AvgIpc) is 3.98. The first kappa shape index (κ1) is 32.0. The Morgan fingerprint density at radius 2 is 0.947 bits per heavy atom. The molecule has 4 nitrogen and oxygen atoms in total. The molecule has 12 rings (SSSR count). The Kier molecular flexibility index (Phi) is 7.06. The van der Waals surface area contributed by atoms with Crippen molar-refractivity contribution >= 4 is 75.5 Å². The van der Waals surface area contributed by atoms with Crippen molar-refractivity contribution in [2.24, 2.45) is 0 Å². The van der Waals surface area contributed by atoms with Crippen LogP contribution in [0.4, 0.5) is 0 Å². The number of para-hydroxylation sites is 2. The number of benzene rings is 8. The lowest BCUT2D eigenvalue weighted by atomic mass is 9.96. The SMILES string of the molecule is c1cc(-c2ccc3oc4c(-c5cccc(-c6cccc(-c7cccc8c7sc7ccccc78)c6)c5)ncnc4c3c2)cc(-c2cccc3c2oc2ccccc23)c1. The van der Waals surface area contributed by atoms with E-state index in [4.69, 9.17) is 18.8 Å². The molecule has 4 aromatic heterocycles. The molecule has 266 valence electrons. The molecule has 0 amide bonds. The Morgan fingerprint density at radius 1 is 0.368 bits per heavy atom. The summed E-state index contributed by atoms with van der Waals surface area (Å²) in [6.07, 6.45) is 1.65. The van der Waals surface area contributed by atoms with Gasteiger partial charge in [-0.2, -0.15) is 0 Å². The van der Waals surface area contributed by atoms with Crippen molar-refractivity contribution in [3.8, 4) is 55.8 Å². The van der Waals surface area contributed by atoms with E-state index in [0.29, 0.717) is 5.58 Å². The fraction of sp³-hybridized carbons (Fsp3) is 0. The highest BCUT2D eigenvalue weighted by Gasteiger charge is 2.18. The van der Waals surface area contributed by atoms with Gasteiger partial charge in [-0.15, -0.1) is 11.3 Å². The number of thiophene rings is 1. The molecule has 4 heterocycles. The van der Waals surface area contributed by atoms with Crippen LogP contribution in [0.1, 0.15) is 0 Å². The standard InChI is InChI=1S/C52H30N2O2S/c1-3-22-45-40(16-1)42-20-8-18-38(50(42)55-45)35-13-5-11-32(26-35)34-24-25-46-44(29-34)49-51(56-46)48(53-30-54-49)37-15-7-12-33(28-37)31-10-6-14-36(27-31)39-19-9-21-43-41-17-2-4-23-47(41)57-52(39)43/h1-30H. The molecule has 0 aliphatic carbocycles. The van der Waals surface area contributed by atoms with Crippen LogP contribution in [0.2, 0.25) is 0 Å². The minimum Gasteiger partial charge on any atom is -0.455 e. The van der Waals surface area contributed by atoms with Crippen molar-refractivity contribution in [2.75, 3.05) is 0 Å². The fourth-order valence-electron chi connectivity index (χ4n) is 8.49. The van der Waals surface area contributed by atoms with Crippen molar-refractivity contribution < 1.29 is 8.83 Å². The third-order valence-corrected chi connectivity index (χ3v) is 12.4. The van der Waals surface area contributed by atoms with Gasteiger partial charge in [0.1, 0.15) is 34.3 Å². The predicted octanol–water partition coefficient (Wildman–Crippen LogP) is 15.0. The van der Waals surface area contributed by atoms with E-state index in [1.165, 1.54) is 31.3 Å². The molecule has 57 heavy (non-hydrogen) atoms. The summed E-state index contributed by atoms with van der Waals surface area (Å²) in [5.41, 5.74) is 14.8. The van der Waals surface area contributed by atoms with Gasteiger partial charge < -0.3 is 8.83 Å². The quantitative estimate of drug-likeness (QED) is 0.176. The number of hydrogen-bond acceptors (Lipinski definition) is 5. The zero-order valence-corrected chi connectivity index (χ0v) is 31.3. The molecular formula is C52H30N2O2S. The molecule has 0 spiro atoms. The minimum absolute atomic E-state index is 0.678. The molecule has 8 aromatic carbocycles. The molecule has 0 radical (unpaired) electrons. The summed E-state index contributed by atoms with van der Waals surface area (Å²) in [6, 6.07) is 62.2. The van der Waals surface area contributed by atoms with Crippen LogP contribution in [-0.2, 0) is 0 Å². The van der Waals surface area contributed by atoms with E-state index in [2.05, 4.69) is 158 Å². The summed E-state index contributed by atoms with van der Waals surface area (Å²) in [7, 11) is 0. The summed E-state index contributed by atoms with van der Waals surface area (Å²) in [5, 5.41) is 5.81. The normalized spacial score (nSPS) is 11.9. The summed E-state index contributed by atoms with van der Waals surface area (Å²) >= 11 is 1.86. The molecule has 5 heteroatoms. The van der Waals surface area contributed by atoms with Crippen LogP contribution in [0.15, 0.2) is 191 Å². The fourth-order valence-corrected chi connectivity index (χ4v) is 9.73. The van der Waals surface area contributed by atoms with Crippen molar-refractivity contribution in [1.29, 1.82) is 0 Å². The third kappa shape index (κ3) is 5.13. The average molecular weight is 747 g/mol. The third-order valence-electron chi connectivity index (χ3n) is 11.2. The van der Waals surface area contributed by atoms with Gasteiger partial charge in [-0.1, -0.05) is 133 Å². The van der Waals surface area contributed by atoms with Gasteiger partial charge in [0, 0.05) is 47.5 Å². The maximum Gasteiger partial charge on any atom is 0.180 e. The molecule has 0 aliphatic rings. The zero-order valence-electron chi connectivity index (χ0n) is 30.4. The van der Waals surface area contributed by atoms with E-state index >= 15 is 0 Å². The number of aromatic nitrogens is 2. The number of furan rings is 2. The molecule has 0 aliphatic heterocycles. The lowest BCUT2D eigenvalue weighted by molar-refractivity contribution is 0.667. The lowest BCUT2D eigenvalue weighted by Crippen LogP contribution is -1.88. The van der Waals surface area contributed by atoms with Crippen LogP contribution in [0, 0.1) is 0 Å². The maximum absolute atomic E-state index is 6.55. The Morgan fingerprint density at radius 3 is 1.77 bits per heavy atom. The second-order valence-corrected chi connectivity index (χ2v) is 15.6. The van der Waals surface area contributed by atoms with Crippen molar-refractivity contribution in [2.45, 2.75) is 0 Å². The molecular weight excluding hydrogens is 717 g/mol. The first-order valence-electron chi connectivity index (χ1n) is 19.0. The van der Waals surface area contributed by atoms with E-state index < -0.39 is 0 Å². The topological polar surface area (TPSA) is 52.1 Å². The number of nitrogens with zero attached hydrogens (tertiary/aromatic N) is 2. The predicted molar refractivity (Wildman–Crippen MR) is 237 cm³/mol. The van der Waals surface area contributed by atoms with Gasteiger partial charge in [0.25, 0.3) is 0 Å². The van der Waals surface area contributed by atoms with Gasteiger partial charge >= 0.3 is 0 Å². The largest absolute Gasteiger partial charge is 0.455 e. The monoisotopic (exact) mass is 746 g/mol.